The van der Waals surface area contributed by atoms with Crippen molar-refractivity contribution in [3.63, 3.8) is 0 Å². The number of halogens is 3. The van der Waals surface area contributed by atoms with Gasteiger partial charge in [-0.2, -0.15) is 30.7 Å². The zero-order valence-corrected chi connectivity index (χ0v) is 15.9. The topological polar surface area (TPSA) is 51.6 Å². The fourth-order valence-corrected chi connectivity index (χ4v) is 5.34. The molecule has 3 aromatic heterocycles. The van der Waals surface area contributed by atoms with Gasteiger partial charge in [-0.15, -0.1) is 11.3 Å². The quantitative estimate of drug-likeness (QED) is 0.437. The van der Waals surface area contributed by atoms with Crippen molar-refractivity contribution in [3.8, 4) is 0 Å². The van der Waals surface area contributed by atoms with Crippen molar-refractivity contribution < 1.29 is 13.2 Å². The Kier molecular flexibility index (Phi) is 3.88. The lowest BCUT2D eigenvalue weighted by molar-refractivity contribution is -0.0884. The highest BCUT2D eigenvalue weighted by Crippen LogP contribution is 2.32. The van der Waals surface area contributed by atoms with E-state index in [0.717, 1.165) is 49.1 Å². The largest absolute Gasteiger partial charge is 0.416 e. The molecule has 0 amide bonds. The number of fused-ring (bicyclic) bond motifs is 2. The number of nitrogens with zero attached hydrogens (tertiary/aromatic N) is 4. The van der Waals surface area contributed by atoms with Gasteiger partial charge >= 0.3 is 6.18 Å². The van der Waals surface area contributed by atoms with Gasteiger partial charge in [-0.1, -0.05) is 18.2 Å². The van der Waals surface area contributed by atoms with Crippen LogP contribution in [-0.4, -0.2) is 23.7 Å². The summed E-state index contributed by atoms with van der Waals surface area (Å²) in [7, 11) is 0. The number of hydrogen-bond acceptors (Lipinski definition) is 7. The molecule has 3 heterocycles. The van der Waals surface area contributed by atoms with Gasteiger partial charge in [0.1, 0.15) is 11.4 Å². The van der Waals surface area contributed by atoms with Crippen LogP contribution in [-0.2, 0) is 6.42 Å². The molecule has 0 saturated heterocycles. The highest BCUT2D eigenvalue weighted by molar-refractivity contribution is 7.08. The highest BCUT2D eigenvalue weighted by atomic mass is 32.1. The van der Waals surface area contributed by atoms with Crippen LogP contribution in [0, 0.1) is 0 Å². The van der Waals surface area contributed by atoms with Gasteiger partial charge in [-0.3, -0.25) is 0 Å². The van der Waals surface area contributed by atoms with E-state index in [-0.39, 0.29) is 6.42 Å². The van der Waals surface area contributed by atoms with Crippen LogP contribution in [0.1, 0.15) is 29.2 Å². The summed E-state index contributed by atoms with van der Waals surface area (Å²) < 4.78 is 57.8. The van der Waals surface area contributed by atoms with Crippen LogP contribution in [0.3, 0.4) is 0 Å². The molecule has 0 radical (unpaired) electrons. The van der Waals surface area contributed by atoms with Gasteiger partial charge in [0.05, 0.1) is 40.4 Å². The van der Waals surface area contributed by atoms with Gasteiger partial charge in [0, 0.05) is 21.1 Å². The van der Waals surface area contributed by atoms with Crippen molar-refractivity contribution in [1.82, 2.24) is 17.5 Å². The zero-order chi connectivity index (χ0) is 18.6. The van der Waals surface area contributed by atoms with E-state index in [1.54, 1.807) is 6.08 Å². The van der Waals surface area contributed by atoms with Crippen LogP contribution in [0.2, 0.25) is 0 Å². The number of allylic oxidation sites excluding steroid dienone is 4. The molecule has 5 rings (SSSR count). The van der Waals surface area contributed by atoms with E-state index in [4.69, 9.17) is 0 Å². The molecule has 0 N–H and O–H groups in total. The maximum Gasteiger partial charge on any atom is 0.416 e. The molecule has 2 aliphatic rings. The molecule has 0 fully saturated rings. The molecule has 136 valence electrons. The SMILES string of the molecule is FC(F)(F)C1=CCC(=c2ccc(=C3c4nsnc4Cc4nsnc43)s2)C=C1. The second-order valence-electron chi connectivity index (χ2n) is 6.05. The standard InChI is InChI=1S/C17H9F3N4S3/c18-17(19,20)9-3-1-8(2-4-9)12-5-6-13(25-12)14-15-10(21-26-23-15)7-11-16(14)24-27-22-11/h1,3-6H,2,7H2. The third kappa shape index (κ3) is 2.88. The smallest absolute Gasteiger partial charge is 0.177 e. The van der Waals surface area contributed by atoms with Gasteiger partial charge in [-0.05, 0) is 24.1 Å². The minimum Gasteiger partial charge on any atom is -0.177 e. The van der Waals surface area contributed by atoms with Crippen molar-refractivity contribution in [2.24, 2.45) is 0 Å². The monoisotopic (exact) mass is 422 g/mol. The van der Waals surface area contributed by atoms with Crippen LogP contribution in [0.15, 0.2) is 35.9 Å². The van der Waals surface area contributed by atoms with Crippen LogP contribution in [0.25, 0.3) is 11.1 Å². The van der Waals surface area contributed by atoms with Crippen molar-refractivity contribution in [3.05, 3.63) is 67.8 Å². The summed E-state index contributed by atoms with van der Waals surface area (Å²) in [5.74, 6) is 0. The maximum absolute atomic E-state index is 12.8. The Labute approximate surface area is 163 Å². The van der Waals surface area contributed by atoms with Gasteiger partial charge in [0.15, 0.2) is 0 Å². The van der Waals surface area contributed by atoms with Crippen molar-refractivity contribution in [1.29, 1.82) is 0 Å². The predicted molar refractivity (Wildman–Crippen MR) is 99.1 cm³/mol. The molecule has 2 aliphatic carbocycles. The summed E-state index contributed by atoms with van der Waals surface area (Å²) in [6.07, 6.45) is 0.501. The zero-order valence-electron chi connectivity index (χ0n) is 13.4. The maximum atomic E-state index is 12.8. The van der Waals surface area contributed by atoms with E-state index in [0.29, 0.717) is 6.42 Å². The Balaban J connectivity index is 1.65. The van der Waals surface area contributed by atoms with Crippen LogP contribution < -0.4 is 9.06 Å². The van der Waals surface area contributed by atoms with E-state index in [1.165, 1.54) is 40.9 Å². The van der Waals surface area contributed by atoms with Gasteiger partial charge in [0.25, 0.3) is 0 Å². The van der Waals surface area contributed by atoms with E-state index in [9.17, 15) is 13.2 Å². The summed E-state index contributed by atoms with van der Waals surface area (Å²) in [6, 6.07) is 3.91. The summed E-state index contributed by atoms with van der Waals surface area (Å²) in [5.41, 5.74) is 4.64. The minimum atomic E-state index is -4.30. The molecule has 0 spiro atoms. The average Bonchev–Trinajstić information content (AvgIpc) is 3.39. The van der Waals surface area contributed by atoms with Gasteiger partial charge in [-0.25, -0.2) is 0 Å². The van der Waals surface area contributed by atoms with E-state index in [1.807, 2.05) is 12.1 Å². The van der Waals surface area contributed by atoms with Crippen molar-refractivity contribution >= 4 is 45.9 Å². The van der Waals surface area contributed by atoms with Gasteiger partial charge < -0.3 is 0 Å². The Bertz CT molecular complexity index is 1180. The summed E-state index contributed by atoms with van der Waals surface area (Å²) in [6.45, 7) is 0. The molecule has 27 heavy (non-hydrogen) atoms. The number of thiophene rings is 1. The third-order valence-electron chi connectivity index (χ3n) is 4.42. The Morgan fingerprint density at radius 1 is 0.852 bits per heavy atom. The molecule has 0 unspecified atom stereocenters. The molecular weight excluding hydrogens is 413 g/mol. The van der Waals surface area contributed by atoms with E-state index >= 15 is 0 Å². The number of rotatable bonds is 0. The predicted octanol–water partition coefficient (Wildman–Crippen LogP) is 3.20. The normalized spacial score (nSPS) is 18.3. The molecule has 3 aromatic rings. The lowest BCUT2D eigenvalue weighted by Crippen LogP contribution is -2.14. The molecule has 0 atom stereocenters. The van der Waals surface area contributed by atoms with Crippen LogP contribution in [0.4, 0.5) is 13.2 Å². The summed E-state index contributed by atoms with van der Waals surface area (Å²) >= 11 is 3.86. The lowest BCUT2D eigenvalue weighted by Gasteiger charge is -2.11. The van der Waals surface area contributed by atoms with Gasteiger partial charge in [0.2, 0.25) is 0 Å². The van der Waals surface area contributed by atoms with Crippen LogP contribution in [0.5, 0.6) is 0 Å². The highest BCUT2D eigenvalue weighted by Gasteiger charge is 2.32. The molecule has 4 nitrogen and oxygen atoms in total. The first-order valence-corrected chi connectivity index (χ1v) is 10.2. The molecular formula is C17H9F3N4S3. The number of aromatic nitrogens is 4. The molecule has 0 aliphatic heterocycles. The number of hydrogen-bond donors (Lipinski definition) is 0. The third-order valence-corrected chi connectivity index (χ3v) is 6.73. The molecule has 10 heteroatoms. The van der Waals surface area contributed by atoms with E-state index in [2.05, 4.69) is 17.5 Å². The summed E-state index contributed by atoms with van der Waals surface area (Å²) in [5, 5.41) is 0. The second kappa shape index (κ2) is 6.18. The first-order valence-electron chi connectivity index (χ1n) is 7.93. The fraction of sp³-hybridized carbons (Fsp3) is 0.176. The van der Waals surface area contributed by atoms with Crippen molar-refractivity contribution in [2.75, 3.05) is 0 Å². The molecule has 0 bridgehead atoms. The first-order chi connectivity index (χ1) is 13.0. The second-order valence-corrected chi connectivity index (χ2v) is 8.20. The Morgan fingerprint density at radius 2 is 1.52 bits per heavy atom. The Hall–Kier alpha value is -2.17. The lowest BCUT2D eigenvalue weighted by atomic mass is 9.96. The minimum absolute atomic E-state index is 0.258. The average molecular weight is 422 g/mol. The van der Waals surface area contributed by atoms with Crippen LogP contribution >= 0.6 is 34.8 Å². The molecule has 0 saturated carbocycles. The van der Waals surface area contributed by atoms with E-state index < -0.39 is 11.7 Å². The Morgan fingerprint density at radius 3 is 2.11 bits per heavy atom. The summed E-state index contributed by atoms with van der Waals surface area (Å²) in [4.78, 5) is 0. The van der Waals surface area contributed by atoms with Crippen molar-refractivity contribution in [2.45, 2.75) is 19.0 Å². The first kappa shape index (κ1) is 17.0. The molecule has 0 aromatic carbocycles. The number of alkyl halides is 3. The fourth-order valence-electron chi connectivity index (χ4n) is 3.11.